The number of nitrogens with one attached hydrogen (secondary N) is 1. The fourth-order valence-electron chi connectivity index (χ4n) is 2.44. The van der Waals surface area contributed by atoms with Gasteiger partial charge < -0.3 is 18.9 Å². The molecule has 0 bridgehead atoms. The molecular formula is C16H25NO6S. The van der Waals surface area contributed by atoms with Crippen LogP contribution >= 0.6 is 0 Å². The molecule has 1 heterocycles. The number of ether oxygens (including phenoxy) is 4. The Morgan fingerprint density at radius 1 is 1.25 bits per heavy atom. The van der Waals surface area contributed by atoms with Crippen molar-refractivity contribution in [2.45, 2.75) is 30.3 Å². The largest absolute Gasteiger partial charge is 0.493 e. The third-order valence-corrected chi connectivity index (χ3v) is 5.21. The summed E-state index contributed by atoms with van der Waals surface area (Å²) in [5.74, 6) is 0.860. The molecule has 0 aliphatic carbocycles. The minimum Gasteiger partial charge on any atom is -0.493 e. The van der Waals surface area contributed by atoms with Crippen LogP contribution in [0, 0.1) is 0 Å². The van der Waals surface area contributed by atoms with Crippen molar-refractivity contribution in [1.82, 2.24) is 4.72 Å². The Morgan fingerprint density at radius 3 is 2.71 bits per heavy atom. The van der Waals surface area contributed by atoms with E-state index < -0.39 is 10.0 Å². The van der Waals surface area contributed by atoms with E-state index in [1.165, 1.54) is 26.4 Å². The van der Waals surface area contributed by atoms with E-state index in [1.807, 2.05) is 0 Å². The highest BCUT2D eigenvalue weighted by Crippen LogP contribution is 2.29. The van der Waals surface area contributed by atoms with E-state index in [9.17, 15) is 8.42 Å². The zero-order valence-corrected chi connectivity index (χ0v) is 14.9. The molecule has 1 aromatic rings. The van der Waals surface area contributed by atoms with Crippen LogP contribution in [0.15, 0.2) is 23.1 Å². The summed E-state index contributed by atoms with van der Waals surface area (Å²) < 4.78 is 48.3. The molecule has 0 saturated carbocycles. The maximum Gasteiger partial charge on any atom is 0.240 e. The Hall–Kier alpha value is -1.35. The van der Waals surface area contributed by atoms with Crippen molar-refractivity contribution in [3.63, 3.8) is 0 Å². The van der Waals surface area contributed by atoms with Gasteiger partial charge in [0.15, 0.2) is 11.5 Å². The van der Waals surface area contributed by atoms with Gasteiger partial charge in [-0.25, -0.2) is 13.1 Å². The standard InChI is InChI=1S/C16H25NO6S/c1-20-15-7-6-14(11-16(15)21-2)24(18,19)17-8-4-9-22-12-13-5-3-10-23-13/h6-7,11,13,17H,3-5,8-10,12H2,1-2H3/t13-/m0/s1. The normalized spacial score (nSPS) is 17.8. The Labute approximate surface area is 143 Å². The van der Waals surface area contributed by atoms with Crippen LogP contribution in [0.3, 0.4) is 0 Å². The van der Waals surface area contributed by atoms with Gasteiger partial charge in [-0.3, -0.25) is 0 Å². The van der Waals surface area contributed by atoms with Gasteiger partial charge in [0, 0.05) is 25.8 Å². The Bertz CT molecular complexity index is 613. The zero-order valence-electron chi connectivity index (χ0n) is 14.1. The van der Waals surface area contributed by atoms with Crippen LogP contribution < -0.4 is 14.2 Å². The van der Waals surface area contributed by atoms with E-state index in [1.54, 1.807) is 6.07 Å². The van der Waals surface area contributed by atoms with Gasteiger partial charge in [0.25, 0.3) is 0 Å². The summed E-state index contributed by atoms with van der Waals surface area (Å²) in [6.45, 7) is 2.18. The van der Waals surface area contributed by atoms with Crippen molar-refractivity contribution < 1.29 is 27.4 Å². The highest BCUT2D eigenvalue weighted by molar-refractivity contribution is 7.89. The lowest BCUT2D eigenvalue weighted by atomic mass is 10.2. The van der Waals surface area contributed by atoms with Gasteiger partial charge in [0.1, 0.15) is 0 Å². The molecule has 0 amide bonds. The average molecular weight is 359 g/mol. The lowest BCUT2D eigenvalue weighted by Crippen LogP contribution is -2.26. The third kappa shape index (κ3) is 5.34. The summed E-state index contributed by atoms with van der Waals surface area (Å²) in [6, 6.07) is 4.49. The van der Waals surface area contributed by atoms with Crippen molar-refractivity contribution in [1.29, 1.82) is 0 Å². The van der Waals surface area contributed by atoms with Gasteiger partial charge in [-0.15, -0.1) is 0 Å². The topological polar surface area (TPSA) is 83.1 Å². The van der Waals surface area contributed by atoms with Gasteiger partial charge >= 0.3 is 0 Å². The summed E-state index contributed by atoms with van der Waals surface area (Å²) in [7, 11) is -0.620. The molecule has 1 aliphatic rings. The molecule has 1 atom stereocenters. The minimum atomic E-state index is -3.59. The van der Waals surface area contributed by atoms with Gasteiger partial charge in [-0.2, -0.15) is 0 Å². The second kappa shape index (κ2) is 9.22. The molecule has 136 valence electrons. The van der Waals surface area contributed by atoms with Crippen LogP contribution in [0.2, 0.25) is 0 Å². The summed E-state index contributed by atoms with van der Waals surface area (Å²) in [4.78, 5) is 0.139. The van der Waals surface area contributed by atoms with E-state index in [0.717, 1.165) is 19.4 Å². The molecule has 0 unspecified atom stereocenters. The maximum atomic E-state index is 12.3. The van der Waals surface area contributed by atoms with E-state index in [4.69, 9.17) is 18.9 Å². The molecule has 0 radical (unpaired) electrons. The fourth-order valence-corrected chi connectivity index (χ4v) is 3.53. The number of hydrogen-bond donors (Lipinski definition) is 1. The SMILES string of the molecule is COc1ccc(S(=O)(=O)NCCCOC[C@@H]2CCCO2)cc1OC. The molecule has 1 aromatic carbocycles. The summed E-state index contributed by atoms with van der Waals surface area (Å²) in [6.07, 6.45) is 2.90. The van der Waals surface area contributed by atoms with E-state index >= 15 is 0 Å². The van der Waals surface area contributed by atoms with E-state index in [2.05, 4.69) is 4.72 Å². The van der Waals surface area contributed by atoms with Crippen LogP contribution in [0.1, 0.15) is 19.3 Å². The highest BCUT2D eigenvalue weighted by atomic mass is 32.2. The maximum absolute atomic E-state index is 12.3. The summed E-state index contributed by atoms with van der Waals surface area (Å²) >= 11 is 0. The van der Waals surface area contributed by atoms with E-state index in [0.29, 0.717) is 37.7 Å². The van der Waals surface area contributed by atoms with Crippen molar-refractivity contribution in [3.05, 3.63) is 18.2 Å². The lowest BCUT2D eigenvalue weighted by Gasteiger charge is -2.12. The first-order valence-corrected chi connectivity index (χ1v) is 9.46. The zero-order chi connectivity index (χ0) is 17.4. The van der Waals surface area contributed by atoms with Gasteiger partial charge in [-0.1, -0.05) is 0 Å². The van der Waals surface area contributed by atoms with Gasteiger partial charge in [-0.05, 0) is 31.4 Å². The molecule has 0 spiro atoms. The number of methoxy groups -OCH3 is 2. The molecular weight excluding hydrogens is 334 g/mol. The Balaban J connectivity index is 1.76. The van der Waals surface area contributed by atoms with Crippen molar-refractivity contribution in [2.24, 2.45) is 0 Å². The van der Waals surface area contributed by atoms with Crippen molar-refractivity contribution >= 4 is 10.0 Å². The van der Waals surface area contributed by atoms with Crippen LogP contribution in [0.5, 0.6) is 11.5 Å². The van der Waals surface area contributed by atoms with Crippen molar-refractivity contribution in [3.8, 4) is 11.5 Å². The number of benzene rings is 1. The molecule has 24 heavy (non-hydrogen) atoms. The lowest BCUT2D eigenvalue weighted by molar-refractivity contribution is 0.0169. The second-order valence-corrected chi connectivity index (χ2v) is 7.25. The summed E-state index contributed by atoms with van der Waals surface area (Å²) in [5, 5.41) is 0. The van der Waals surface area contributed by atoms with Crippen LogP contribution in [0.4, 0.5) is 0 Å². The predicted molar refractivity (Wildman–Crippen MR) is 89.1 cm³/mol. The number of hydrogen-bond acceptors (Lipinski definition) is 6. The highest BCUT2D eigenvalue weighted by Gasteiger charge is 2.17. The quantitative estimate of drug-likeness (QED) is 0.639. The Morgan fingerprint density at radius 2 is 2.04 bits per heavy atom. The number of rotatable bonds is 10. The monoisotopic (exact) mass is 359 g/mol. The molecule has 2 rings (SSSR count). The van der Waals surface area contributed by atoms with Crippen molar-refractivity contribution in [2.75, 3.05) is 40.6 Å². The average Bonchev–Trinajstić information content (AvgIpc) is 3.10. The third-order valence-electron chi connectivity index (χ3n) is 3.75. The van der Waals surface area contributed by atoms with Crippen LogP contribution in [0.25, 0.3) is 0 Å². The predicted octanol–water partition coefficient (Wildman–Crippen LogP) is 1.57. The minimum absolute atomic E-state index is 0.139. The second-order valence-electron chi connectivity index (χ2n) is 5.48. The Kier molecular flexibility index (Phi) is 7.29. The first-order chi connectivity index (χ1) is 11.6. The molecule has 1 saturated heterocycles. The molecule has 1 N–H and O–H groups in total. The number of sulfonamides is 1. The smallest absolute Gasteiger partial charge is 0.240 e. The molecule has 1 aliphatic heterocycles. The van der Waals surface area contributed by atoms with Gasteiger partial charge in [0.05, 0.1) is 31.8 Å². The van der Waals surface area contributed by atoms with Crippen LogP contribution in [-0.4, -0.2) is 55.1 Å². The molecule has 8 heteroatoms. The van der Waals surface area contributed by atoms with Gasteiger partial charge in [0.2, 0.25) is 10.0 Å². The summed E-state index contributed by atoms with van der Waals surface area (Å²) in [5.41, 5.74) is 0. The molecule has 1 fully saturated rings. The molecule has 7 nitrogen and oxygen atoms in total. The van der Waals surface area contributed by atoms with E-state index in [-0.39, 0.29) is 11.0 Å². The van der Waals surface area contributed by atoms with Crippen LogP contribution in [-0.2, 0) is 19.5 Å². The fraction of sp³-hybridized carbons (Fsp3) is 0.625. The first-order valence-electron chi connectivity index (χ1n) is 7.98. The molecule has 0 aromatic heterocycles. The first kappa shape index (κ1) is 19.0.